The molecule has 0 unspecified atom stereocenters. The average molecular weight is 328 g/mol. The molecule has 0 saturated carbocycles. The molecule has 1 fully saturated rings. The zero-order valence-corrected chi connectivity index (χ0v) is 14.3. The van der Waals surface area contributed by atoms with Crippen LogP contribution in [0, 0.1) is 0 Å². The number of hydrogen-bond donors (Lipinski definition) is 1. The first-order valence-electron chi connectivity index (χ1n) is 7.30. The number of morpholine rings is 1. The van der Waals surface area contributed by atoms with E-state index >= 15 is 0 Å². The summed E-state index contributed by atoms with van der Waals surface area (Å²) in [5.74, 6) is 0.797. The molecule has 2 rings (SSSR count). The largest absolute Gasteiger partial charge is 0.373 e. The van der Waals surface area contributed by atoms with Crippen LogP contribution in [0.4, 0.5) is 5.82 Å². The highest BCUT2D eigenvalue weighted by atomic mass is 32.2. The van der Waals surface area contributed by atoms with Gasteiger partial charge in [-0.3, -0.25) is 0 Å². The van der Waals surface area contributed by atoms with Gasteiger partial charge in [0.1, 0.15) is 5.82 Å². The third kappa shape index (κ3) is 4.39. The zero-order valence-electron chi connectivity index (χ0n) is 13.5. The molecule has 1 N–H and O–H groups in total. The summed E-state index contributed by atoms with van der Waals surface area (Å²) in [4.78, 5) is 6.09. The molecule has 1 aromatic rings. The number of rotatable bonds is 5. The number of hydrogen-bond acceptors (Lipinski definition) is 5. The number of aromatic nitrogens is 1. The first-order chi connectivity index (χ1) is 10.3. The van der Waals surface area contributed by atoms with E-state index in [2.05, 4.69) is 9.71 Å². The molecule has 1 aliphatic heterocycles. The van der Waals surface area contributed by atoms with Gasteiger partial charge < -0.3 is 9.64 Å². The number of anilines is 1. The van der Waals surface area contributed by atoms with Crippen molar-refractivity contribution in [2.45, 2.75) is 32.6 Å². The molecule has 2 heterocycles. The Morgan fingerprint density at radius 3 is 2.59 bits per heavy atom. The maximum absolute atomic E-state index is 12.4. The quantitative estimate of drug-likeness (QED) is 0.856. The summed E-state index contributed by atoms with van der Waals surface area (Å²) in [5.41, 5.74) is 0.872. The van der Waals surface area contributed by atoms with Crippen molar-refractivity contribution in [2.75, 3.05) is 32.1 Å². The van der Waals surface area contributed by atoms with E-state index in [-0.39, 0.29) is 18.8 Å². The molecule has 0 aliphatic carbocycles. The number of nitrogens with one attached hydrogen (secondary N) is 1. The molecule has 0 aromatic carbocycles. The minimum absolute atomic E-state index is 0.0957. The van der Waals surface area contributed by atoms with Crippen LogP contribution in [-0.2, 0) is 21.5 Å². The summed E-state index contributed by atoms with van der Waals surface area (Å²) in [7, 11) is 0.280. The lowest BCUT2D eigenvalue weighted by atomic mass is 10.2. The van der Waals surface area contributed by atoms with Crippen LogP contribution in [0.5, 0.6) is 0 Å². The van der Waals surface area contributed by atoms with Gasteiger partial charge in [0, 0.05) is 39.9 Å². The third-order valence-corrected chi connectivity index (χ3v) is 4.94. The van der Waals surface area contributed by atoms with Crippen LogP contribution in [0.2, 0.25) is 0 Å². The first-order valence-corrected chi connectivity index (χ1v) is 8.74. The zero-order chi connectivity index (χ0) is 16.3. The molecule has 0 amide bonds. The first kappa shape index (κ1) is 17.1. The van der Waals surface area contributed by atoms with Gasteiger partial charge in [-0.15, -0.1) is 0 Å². The second-order valence-corrected chi connectivity index (χ2v) is 7.57. The molecule has 2 atom stereocenters. The average Bonchev–Trinajstić information content (AvgIpc) is 2.44. The van der Waals surface area contributed by atoms with Gasteiger partial charge in [0.15, 0.2) is 0 Å². The Morgan fingerprint density at radius 1 is 1.36 bits per heavy atom. The molecule has 8 heteroatoms. The van der Waals surface area contributed by atoms with Crippen LogP contribution in [0.3, 0.4) is 0 Å². The van der Waals surface area contributed by atoms with Crippen LogP contribution in [0.15, 0.2) is 18.3 Å². The molecule has 0 radical (unpaired) electrons. The monoisotopic (exact) mass is 328 g/mol. The van der Waals surface area contributed by atoms with Gasteiger partial charge in [0.2, 0.25) is 0 Å². The van der Waals surface area contributed by atoms with Gasteiger partial charge >= 0.3 is 0 Å². The number of nitrogens with zero attached hydrogens (tertiary/aromatic N) is 3. The van der Waals surface area contributed by atoms with Gasteiger partial charge in [-0.1, -0.05) is 0 Å². The van der Waals surface area contributed by atoms with Gasteiger partial charge in [0.05, 0.1) is 12.2 Å². The predicted molar refractivity (Wildman–Crippen MR) is 85.9 cm³/mol. The molecule has 124 valence electrons. The molecule has 0 spiro atoms. The Kier molecular flexibility index (Phi) is 5.38. The van der Waals surface area contributed by atoms with Crippen molar-refractivity contribution in [1.82, 2.24) is 14.0 Å². The summed E-state index contributed by atoms with van der Waals surface area (Å²) < 4.78 is 34.5. The fraction of sp³-hybridized carbons (Fsp3) is 0.643. The molecular weight excluding hydrogens is 304 g/mol. The molecule has 1 aromatic heterocycles. The van der Waals surface area contributed by atoms with Crippen molar-refractivity contribution < 1.29 is 13.2 Å². The Balaban J connectivity index is 2.02. The van der Waals surface area contributed by atoms with Gasteiger partial charge in [-0.05, 0) is 31.5 Å². The summed E-state index contributed by atoms with van der Waals surface area (Å²) >= 11 is 0. The minimum Gasteiger partial charge on any atom is -0.373 e. The summed E-state index contributed by atoms with van der Waals surface area (Å²) in [5, 5.41) is 0. The van der Waals surface area contributed by atoms with Crippen LogP contribution < -0.4 is 9.62 Å². The summed E-state index contributed by atoms with van der Waals surface area (Å²) in [6.07, 6.45) is 1.49. The Labute approximate surface area is 132 Å². The molecule has 1 aliphatic rings. The van der Waals surface area contributed by atoms with Crippen LogP contribution in [0.1, 0.15) is 19.4 Å². The fourth-order valence-corrected chi connectivity index (χ4v) is 3.75. The molecule has 0 bridgehead atoms. The second kappa shape index (κ2) is 6.91. The maximum Gasteiger partial charge on any atom is 0.279 e. The van der Waals surface area contributed by atoms with Crippen molar-refractivity contribution in [1.29, 1.82) is 0 Å². The van der Waals surface area contributed by atoms with Gasteiger partial charge in [-0.2, -0.15) is 17.4 Å². The lowest BCUT2D eigenvalue weighted by Gasteiger charge is -2.34. The Morgan fingerprint density at radius 2 is 2.00 bits per heavy atom. The molecule has 7 nitrogen and oxygen atoms in total. The van der Waals surface area contributed by atoms with Crippen molar-refractivity contribution in [3.8, 4) is 0 Å². The highest BCUT2D eigenvalue weighted by Gasteiger charge is 2.30. The summed E-state index contributed by atoms with van der Waals surface area (Å²) in [6.45, 7) is 4.75. The smallest absolute Gasteiger partial charge is 0.279 e. The Bertz CT molecular complexity index is 596. The van der Waals surface area contributed by atoms with Crippen LogP contribution >= 0.6 is 0 Å². The second-order valence-electron chi connectivity index (χ2n) is 5.82. The maximum atomic E-state index is 12.4. The van der Waals surface area contributed by atoms with Crippen LogP contribution in [-0.4, -0.2) is 57.1 Å². The lowest BCUT2D eigenvalue weighted by molar-refractivity contribution is -0.0444. The molecule has 22 heavy (non-hydrogen) atoms. The fourth-order valence-electron chi connectivity index (χ4n) is 2.41. The van der Waals surface area contributed by atoms with E-state index in [0.717, 1.165) is 11.4 Å². The van der Waals surface area contributed by atoms with Crippen molar-refractivity contribution in [2.24, 2.45) is 0 Å². The van der Waals surface area contributed by atoms with Gasteiger partial charge in [0.25, 0.3) is 10.2 Å². The van der Waals surface area contributed by atoms with Crippen LogP contribution in [0.25, 0.3) is 0 Å². The van der Waals surface area contributed by atoms with E-state index in [9.17, 15) is 8.42 Å². The summed E-state index contributed by atoms with van der Waals surface area (Å²) in [6, 6.07) is 3.67. The van der Waals surface area contributed by atoms with E-state index < -0.39 is 10.2 Å². The predicted octanol–water partition coefficient (Wildman–Crippen LogP) is 0.591. The van der Waals surface area contributed by atoms with Gasteiger partial charge in [-0.25, -0.2) is 4.98 Å². The van der Waals surface area contributed by atoms with E-state index in [0.29, 0.717) is 13.1 Å². The van der Waals surface area contributed by atoms with E-state index in [1.165, 1.54) is 4.31 Å². The topological polar surface area (TPSA) is 74.8 Å². The molecule has 1 saturated heterocycles. The Hall–Kier alpha value is -1.22. The van der Waals surface area contributed by atoms with Crippen molar-refractivity contribution >= 4 is 16.0 Å². The standard InChI is InChI=1S/C14H24N4O3S/c1-11-9-18(10-12(2)21-11)22(19,20)16-8-13-5-6-15-14(7-13)17(3)4/h5-7,11-12,16H,8-10H2,1-4H3/t11-,12-/m0/s1. The van der Waals surface area contributed by atoms with Crippen molar-refractivity contribution in [3.63, 3.8) is 0 Å². The normalized spacial score (nSPS) is 23.5. The van der Waals surface area contributed by atoms with E-state index in [4.69, 9.17) is 4.74 Å². The highest BCUT2D eigenvalue weighted by Crippen LogP contribution is 2.14. The number of pyridine rings is 1. The third-order valence-electron chi connectivity index (χ3n) is 3.45. The van der Waals surface area contributed by atoms with E-state index in [1.54, 1.807) is 12.3 Å². The molecular formula is C14H24N4O3S. The van der Waals surface area contributed by atoms with Crippen molar-refractivity contribution in [3.05, 3.63) is 23.9 Å². The minimum atomic E-state index is -3.51. The number of ether oxygens (including phenoxy) is 1. The lowest BCUT2D eigenvalue weighted by Crippen LogP contribution is -2.51. The SMILES string of the molecule is C[C@H]1CN(S(=O)(=O)NCc2ccnc(N(C)C)c2)C[C@H](C)O1. The van der Waals surface area contributed by atoms with E-state index in [1.807, 2.05) is 38.9 Å². The highest BCUT2D eigenvalue weighted by molar-refractivity contribution is 7.87.